The summed E-state index contributed by atoms with van der Waals surface area (Å²) in [6.45, 7) is 9.18. The van der Waals surface area contributed by atoms with Crippen molar-refractivity contribution in [2.24, 2.45) is 0 Å². The molecule has 0 fully saturated rings. The van der Waals surface area contributed by atoms with E-state index in [1.165, 1.54) is 0 Å². The van der Waals surface area contributed by atoms with Crippen molar-refractivity contribution in [1.82, 2.24) is 0 Å². The third-order valence-corrected chi connectivity index (χ3v) is 5.23. The molecule has 0 unspecified atom stereocenters. The number of hydrogen-bond donors (Lipinski definition) is 1. The molecule has 0 aliphatic heterocycles. The molecular weight excluding hydrogens is 362 g/mol. The van der Waals surface area contributed by atoms with Gasteiger partial charge in [-0.15, -0.1) is 0 Å². The van der Waals surface area contributed by atoms with Crippen LogP contribution in [0.5, 0.6) is 0 Å². The fourth-order valence-electron chi connectivity index (χ4n) is 2.79. The highest BCUT2D eigenvalue weighted by Crippen LogP contribution is 2.28. The number of nitrogens with zero attached hydrogens (tertiary/aromatic N) is 2. The Hall–Kier alpha value is -2.32. The van der Waals surface area contributed by atoms with Crippen molar-refractivity contribution in [3.8, 4) is 6.07 Å². The van der Waals surface area contributed by atoms with Gasteiger partial charge < -0.3 is 10.2 Å². The summed E-state index contributed by atoms with van der Waals surface area (Å²) in [5.41, 5.74) is 0.956. The van der Waals surface area contributed by atoms with Gasteiger partial charge in [0.1, 0.15) is 11.4 Å². The first-order valence-electron chi connectivity index (χ1n) is 9.29. The number of nitriles is 1. The predicted octanol–water partition coefficient (Wildman–Crippen LogP) is 4.21. The van der Waals surface area contributed by atoms with E-state index in [4.69, 9.17) is 16.9 Å². The number of nitrogens with one attached hydrogen (secondary N) is 1. The Balaban J connectivity index is 2.38. The van der Waals surface area contributed by atoms with Crippen LogP contribution in [0.3, 0.4) is 0 Å². The van der Waals surface area contributed by atoms with Gasteiger partial charge in [0.2, 0.25) is 0 Å². The second-order valence-corrected chi connectivity index (χ2v) is 7.84. The first kappa shape index (κ1) is 21.0. The van der Waals surface area contributed by atoms with E-state index in [0.717, 1.165) is 24.8 Å². The van der Waals surface area contributed by atoms with Gasteiger partial charge >= 0.3 is 0 Å². The first-order valence-corrected chi connectivity index (χ1v) is 9.66. The Morgan fingerprint density at radius 3 is 2.48 bits per heavy atom. The zero-order chi connectivity index (χ0) is 20.2. The Bertz CT molecular complexity index is 921. The molecule has 2 rings (SSSR count). The van der Waals surface area contributed by atoms with Gasteiger partial charge in [0.05, 0.1) is 11.6 Å². The SMILES string of the molecule is CCCCN(Cc1ccc(C#N)cc1Cl)c1c(NC(C)(C)CC)c(=O)c1=O. The van der Waals surface area contributed by atoms with E-state index in [1.54, 1.807) is 18.2 Å². The van der Waals surface area contributed by atoms with Gasteiger partial charge in [-0.3, -0.25) is 9.59 Å². The van der Waals surface area contributed by atoms with Crippen molar-refractivity contribution >= 4 is 23.0 Å². The highest BCUT2D eigenvalue weighted by molar-refractivity contribution is 6.31. The monoisotopic (exact) mass is 387 g/mol. The lowest BCUT2D eigenvalue weighted by Gasteiger charge is -2.32. The number of anilines is 2. The molecule has 27 heavy (non-hydrogen) atoms. The largest absolute Gasteiger partial charge is 0.375 e. The second kappa shape index (κ2) is 8.58. The topological polar surface area (TPSA) is 73.2 Å². The van der Waals surface area contributed by atoms with E-state index in [9.17, 15) is 9.59 Å². The van der Waals surface area contributed by atoms with E-state index >= 15 is 0 Å². The zero-order valence-corrected chi connectivity index (χ0v) is 17.1. The molecule has 144 valence electrons. The fourth-order valence-corrected chi connectivity index (χ4v) is 3.03. The van der Waals surface area contributed by atoms with Gasteiger partial charge in [-0.25, -0.2) is 0 Å². The summed E-state index contributed by atoms with van der Waals surface area (Å²) in [5, 5.41) is 12.7. The Morgan fingerprint density at radius 2 is 1.93 bits per heavy atom. The van der Waals surface area contributed by atoms with Gasteiger partial charge in [0, 0.05) is 23.7 Å². The molecule has 0 atom stereocenters. The third-order valence-electron chi connectivity index (χ3n) is 4.87. The van der Waals surface area contributed by atoms with Gasteiger partial charge in [0.25, 0.3) is 10.9 Å². The lowest BCUT2D eigenvalue weighted by molar-refractivity contribution is 0.545. The standard InChI is InChI=1S/C21H26ClN3O2/c1-5-7-10-25(13-15-9-8-14(12-23)11-16(15)22)18-17(19(26)20(18)27)24-21(3,4)6-2/h8-9,11,24H,5-7,10,13H2,1-4H3. The van der Waals surface area contributed by atoms with Crippen LogP contribution in [0.4, 0.5) is 11.4 Å². The molecule has 6 heteroatoms. The minimum absolute atomic E-state index is 0.278. The quantitative estimate of drug-likeness (QED) is 0.652. The summed E-state index contributed by atoms with van der Waals surface area (Å²) in [4.78, 5) is 26.5. The molecule has 0 spiro atoms. The number of benzene rings is 1. The molecule has 0 amide bonds. The lowest BCUT2D eigenvalue weighted by atomic mass is 9.99. The molecule has 0 aliphatic carbocycles. The van der Waals surface area contributed by atoms with Crippen molar-refractivity contribution in [1.29, 1.82) is 5.26 Å². The van der Waals surface area contributed by atoms with Gasteiger partial charge in [-0.2, -0.15) is 5.26 Å². The molecule has 0 heterocycles. The van der Waals surface area contributed by atoms with Crippen LogP contribution in [-0.4, -0.2) is 12.1 Å². The fraction of sp³-hybridized carbons (Fsp3) is 0.476. The van der Waals surface area contributed by atoms with Crippen LogP contribution in [0.2, 0.25) is 5.02 Å². The number of halogens is 1. The second-order valence-electron chi connectivity index (χ2n) is 7.44. The number of hydrogen-bond acceptors (Lipinski definition) is 5. The average Bonchev–Trinajstić information content (AvgIpc) is 2.66. The molecule has 0 aliphatic rings. The van der Waals surface area contributed by atoms with E-state index in [1.807, 2.05) is 25.7 Å². The average molecular weight is 388 g/mol. The molecule has 5 nitrogen and oxygen atoms in total. The minimum Gasteiger partial charge on any atom is -0.375 e. The van der Waals surface area contributed by atoms with Crippen LogP contribution in [0.25, 0.3) is 0 Å². The van der Waals surface area contributed by atoms with Crippen molar-refractivity contribution in [2.75, 3.05) is 16.8 Å². The predicted molar refractivity (Wildman–Crippen MR) is 111 cm³/mol. The number of rotatable bonds is 9. The molecule has 0 bridgehead atoms. The Morgan fingerprint density at radius 1 is 1.22 bits per heavy atom. The maximum atomic E-state index is 12.4. The van der Waals surface area contributed by atoms with Gasteiger partial charge in [-0.1, -0.05) is 37.9 Å². The van der Waals surface area contributed by atoms with Crippen molar-refractivity contribution in [3.05, 3.63) is 54.8 Å². The van der Waals surface area contributed by atoms with Crippen LogP contribution in [-0.2, 0) is 6.54 Å². The maximum Gasteiger partial charge on any atom is 0.253 e. The third kappa shape index (κ3) is 4.70. The minimum atomic E-state index is -0.459. The van der Waals surface area contributed by atoms with Crippen LogP contribution < -0.4 is 21.1 Å². The normalized spacial score (nSPS) is 11.4. The van der Waals surface area contributed by atoms with Crippen molar-refractivity contribution in [3.63, 3.8) is 0 Å². The summed E-state index contributed by atoms with van der Waals surface area (Å²) in [6.07, 6.45) is 2.68. The van der Waals surface area contributed by atoms with E-state index < -0.39 is 10.9 Å². The van der Waals surface area contributed by atoms with E-state index in [2.05, 4.69) is 18.3 Å². The van der Waals surface area contributed by atoms with Gasteiger partial charge in [-0.05, 0) is 44.4 Å². The van der Waals surface area contributed by atoms with E-state index in [0.29, 0.717) is 35.1 Å². The van der Waals surface area contributed by atoms with Crippen molar-refractivity contribution in [2.45, 2.75) is 59.0 Å². The molecule has 0 radical (unpaired) electrons. The highest BCUT2D eigenvalue weighted by Gasteiger charge is 2.29. The summed E-state index contributed by atoms with van der Waals surface area (Å²) in [5.74, 6) is 0. The maximum absolute atomic E-state index is 12.4. The Kier molecular flexibility index (Phi) is 6.67. The summed E-state index contributed by atoms with van der Waals surface area (Å²) < 4.78 is 0. The first-order chi connectivity index (χ1) is 12.7. The Labute approximate surface area is 165 Å². The van der Waals surface area contributed by atoms with Crippen LogP contribution in [0.15, 0.2) is 27.8 Å². The lowest BCUT2D eigenvalue weighted by Crippen LogP contribution is -2.46. The molecule has 0 saturated heterocycles. The summed E-state index contributed by atoms with van der Waals surface area (Å²) in [7, 11) is 0. The molecule has 0 aromatic heterocycles. The van der Waals surface area contributed by atoms with Gasteiger partial charge in [0.15, 0.2) is 0 Å². The van der Waals surface area contributed by atoms with Crippen LogP contribution in [0.1, 0.15) is 58.1 Å². The van der Waals surface area contributed by atoms with E-state index in [-0.39, 0.29) is 5.54 Å². The molecule has 1 N–H and O–H groups in total. The molecule has 2 aromatic rings. The van der Waals surface area contributed by atoms with Crippen LogP contribution in [0, 0.1) is 11.3 Å². The van der Waals surface area contributed by atoms with Crippen molar-refractivity contribution < 1.29 is 0 Å². The van der Waals surface area contributed by atoms with Crippen LogP contribution >= 0.6 is 11.6 Å². The molecule has 0 saturated carbocycles. The number of unbranched alkanes of at least 4 members (excludes halogenated alkanes) is 1. The molecule has 2 aromatic carbocycles. The molecular formula is C21H26ClN3O2. The summed E-state index contributed by atoms with van der Waals surface area (Å²) in [6, 6.07) is 7.19. The highest BCUT2D eigenvalue weighted by atomic mass is 35.5. The smallest absolute Gasteiger partial charge is 0.253 e. The summed E-state index contributed by atoms with van der Waals surface area (Å²) >= 11 is 6.32. The zero-order valence-electron chi connectivity index (χ0n) is 16.4.